The molecule has 0 aliphatic heterocycles. The lowest BCUT2D eigenvalue weighted by atomic mass is 9.89. The van der Waals surface area contributed by atoms with Crippen LogP contribution in [0.25, 0.3) is 0 Å². The van der Waals surface area contributed by atoms with Crippen molar-refractivity contribution in [2.75, 3.05) is 20.3 Å². The van der Waals surface area contributed by atoms with E-state index in [1.165, 1.54) is 31.1 Å². The number of para-hydroxylation sites is 1. The Labute approximate surface area is 182 Å². The van der Waals surface area contributed by atoms with Gasteiger partial charge >= 0.3 is 5.97 Å². The number of benzene rings is 2. The molecule has 1 aliphatic rings. The molecule has 164 valence electrons. The molecule has 0 saturated carbocycles. The average molecular weight is 424 g/mol. The molecule has 3 rings (SSSR count). The number of carbonyl (C=O) groups is 3. The maximum Gasteiger partial charge on any atom is 0.325 e. The minimum absolute atomic E-state index is 0.191. The van der Waals surface area contributed by atoms with Gasteiger partial charge in [-0.05, 0) is 61.4 Å². The first-order valence-corrected chi connectivity index (χ1v) is 10.5. The number of nitrogens with one attached hydrogen (secondary N) is 2. The minimum Gasteiger partial charge on any atom is -0.496 e. The largest absolute Gasteiger partial charge is 0.496 e. The van der Waals surface area contributed by atoms with Crippen LogP contribution in [0.3, 0.4) is 0 Å². The lowest BCUT2D eigenvalue weighted by Gasteiger charge is -2.20. The molecule has 2 aromatic carbocycles. The first kappa shape index (κ1) is 22.3. The zero-order valence-corrected chi connectivity index (χ0v) is 17.9. The van der Waals surface area contributed by atoms with Gasteiger partial charge in [0, 0.05) is 0 Å². The average Bonchev–Trinajstić information content (AvgIpc) is 2.80. The topological polar surface area (TPSA) is 93.7 Å². The Bertz CT molecular complexity index is 957. The summed E-state index contributed by atoms with van der Waals surface area (Å²) in [5.41, 5.74) is 4.08. The van der Waals surface area contributed by atoms with Crippen molar-refractivity contribution in [1.82, 2.24) is 10.6 Å². The Morgan fingerprint density at radius 2 is 1.77 bits per heavy atom. The number of carbonyl (C=O) groups excluding carboxylic acids is 3. The summed E-state index contributed by atoms with van der Waals surface area (Å²) < 4.78 is 10.1. The van der Waals surface area contributed by atoms with Gasteiger partial charge in [0.15, 0.2) is 6.61 Å². The number of ether oxygens (including phenoxy) is 2. The van der Waals surface area contributed by atoms with Crippen molar-refractivity contribution in [3.8, 4) is 5.75 Å². The van der Waals surface area contributed by atoms with E-state index in [2.05, 4.69) is 22.8 Å². The first-order chi connectivity index (χ1) is 15.0. The van der Waals surface area contributed by atoms with Gasteiger partial charge in [-0.15, -0.1) is 0 Å². The lowest BCUT2D eigenvalue weighted by molar-refractivity contribution is -0.147. The molecule has 0 fully saturated rings. The lowest BCUT2D eigenvalue weighted by Crippen LogP contribution is -2.35. The van der Waals surface area contributed by atoms with Crippen LogP contribution in [0.4, 0.5) is 0 Å². The number of hydrogen-bond donors (Lipinski definition) is 2. The molecule has 2 N–H and O–H groups in total. The quantitative estimate of drug-likeness (QED) is 0.636. The number of hydrogen-bond acceptors (Lipinski definition) is 5. The van der Waals surface area contributed by atoms with E-state index in [1.54, 1.807) is 24.3 Å². The van der Waals surface area contributed by atoms with Crippen molar-refractivity contribution in [2.24, 2.45) is 0 Å². The molecule has 0 unspecified atom stereocenters. The summed E-state index contributed by atoms with van der Waals surface area (Å²) in [6.07, 6.45) is 4.60. The Morgan fingerprint density at radius 3 is 2.55 bits per heavy atom. The van der Waals surface area contributed by atoms with Crippen molar-refractivity contribution < 1.29 is 23.9 Å². The Kier molecular flexibility index (Phi) is 7.65. The molecular weight excluding hydrogens is 396 g/mol. The number of fused-ring (bicyclic) bond motifs is 1. The van der Waals surface area contributed by atoms with E-state index >= 15 is 0 Å². The van der Waals surface area contributed by atoms with Crippen molar-refractivity contribution in [3.05, 3.63) is 64.7 Å². The highest BCUT2D eigenvalue weighted by atomic mass is 16.5. The fourth-order valence-corrected chi connectivity index (χ4v) is 3.67. The molecule has 2 aromatic rings. The molecule has 7 heteroatoms. The third-order valence-electron chi connectivity index (χ3n) is 5.36. The van der Waals surface area contributed by atoms with E-state index in [0.717, 1.165) is 18.4 Å². The molecule has 0 saturated heterocycles. The van der Waals surface area contributed by atoms with Crippen LogP contribution in [0.15, 0.2) is 42.5 Å². The molecule has 1 aliphatic carbocycles. The predicted molar refractivity (Wildman–Crippen MR) is 116 cm³/mol. The summed E-state index contributed by atoms with van der Waals surface area (Å²) in [6.45, 7) is 1.15. The van der Waals surface area contributed by atoms with Crippen molar-refractivity contribution in [3.63, 3.8) is 0 Å². The van der Waals surface area contributed by atoms with Crippen LogP contribution in [0.2, 0.25) is 0 Å². The van der Waals surface area contributed by atoms with Gasteiger partial charge in [0.1, 0.15) is 12.3 Å². The van der Waals surface area contributed by atoms with Gasteiger partial charge in [-0.25, -0.2) is 0 Å². The summed E-state index contributed by atoms with van der Waals surface area (Å²) in [5.74, 6) is -1.14. The maximum atomic E-state index is 12.2. The fourth-order valence-electron chi connectivity index (χ4n) is 3.67. The van der Waals surface area contributed by atoms with Gasteiger partial charge in [0.2, 0.25) is 0 Å². The highest BCUT2D eigenvalue weighted by Gasteiger charge is 2.16. The number of aryl methyl sites for hydroxylation is 2. The second-order valence-corrected chi connectivity index (χ2v) is 7.57. The van der Waals surface area contributed by atoms with Crippen molar-refractivity contribution in [2.45, 2.75) is 38.6 Å². The van der Waals surface area contributed by atoms with Gasteiger partial charge in [0.05, 0.1) is 18.7 Å². The third kappa shape index (κ3) is 6.07. The molecule has 1 atom stereocenters. The number of esters is 1. The van der Waals surface area contributed by atoms with E-state index in [1.807, 2.05) is 13.0 Å². The highest BCUT2D eigenvalue weighted by molar-refractivity contribution is 5.98. The monoisotopic (exact) mass is 424 g/mol. The van der Waals surface area contributed by atoms with E-state index in [4.69, 9.17) is 9.47 Å². The molecule has 0 spiro atoms. The summed E-state index contributed by atoms with van der Waals surface area (Å²) >= 11 is 0. The molecule has 0 aromatic heterocycles. The maximum absolute atomic E-state index is 12.2. The second-order valence-electron chi connectivity index (χ2n) is 7.57. The van der Waals surface area contributed by atoms with Crippen LogP contribution >= 0.6 is 0 Å². The number of rotatable bonds is 8. The third-order valence-corrected chi connectivity index (χ3v) is 5.36. The normalized spacial score (nSPS) is 13.5. The molecule has 0 radical (unpaired) electrons. The van der Waals surface area contributed by atoms with Crippen LogP contribution < -0.4 is 15.4 Å². The Balaban J connectivity index is 1.43. The van der Waals surface area contributed by atoms with E-state index in [0.29, 0.717) is 11.3 Å². The summed E-state index contributed by atoms with van der Waals surface area (Å²) in [5, 5.41) is 5.31. The predicted octanol–water partition coefficient (Wildman–Crippen LogP) is 2.72. The second kappa shape index (κ2) is 10.6. The van der Waals surface area contributed by atoms with Gasteiger partial charge in [-0.3, -0.25) is 14.4 Å². The summed E-state index contributed by atoms with van der Waals surface area (Å²) in [6, 6.07) is 12.8. The van der Waals surface area contributed by atoms with E-state index in [9.17, 15) is 14.4 Å². The zero-order valence-electron chi connectivity index (χ0n) is 17.9. The van der Waals surface area contributed by atoms with Crippen LogP contribution in [-0.4, -0.2) is 38.0 Å². The van der Waals surface area contributed by atoms with E-state index in [-0.39, 0.29) is 12.6 Å². The SMILES string of the molecule is COc1ccccc1C(=O)NCC(=O)OCC(=O)N[C@@H](C)c1ccc2c(c1)CCCC2. The molecule has 7 nitrogen and oxygen atoms in total. The van der Waals surface area contributed by atoms with Gasteiger partial charge < -0.3 is 20.1 Å². The highest BCUT2D eigenvalue weighted by Crippen LogP contribution is 2.24. The fraction of sp³-hybridized carbons (Fsp3) is 0.375. The van der Waals surface area contributed by atoms with E-state index < -0.39 is 24.4 Å². The Morgan fingerprint density at radius 1 is 1.03 bits per heavy atom. The van der Waals surface area contributed by atoms with Gasteiger partial charge in [0.25, 0.3) is 11.8 Å². The van der Waals surface area contributed by atoms with Crippen molar-refractivity contribution in [1.29, 1.82) is 0 Å². The zero-order chi connectivity index (χ0) is 22.2. The molecular formula is C24H28N2O5. The van der Waals surface area contributed by atoms with Crippen LogP contribution in [0, 0.1) is 0 Å². The van der Waals surface area contributed by atoms with Crippen LogP contribution in [0.1, 0.15) is 52.9 Å². The summed E-state index contributed by atoms with van der Waals surface area (Å²) in [7, 11) is 1.46. The van der Waals surface area contributed by atoms with Gasteiger partial charge in [-0.1, -0.05) is 30.3 Å². The van der Waals surface area contributed by atoms with Crippen molar-refractivity contribution >= 4 is 17.8 Å². The smallest absolute Gasteiger partial charge is 0.325 e. The van der Waals surface area contributed by atoms with Crippen LogP contribution in [0.5, 0.6) is 5.75 Å². The molecule has 0 heterocycles. The minimum atomic E-state index is -0.695. The summed E-state index contributed by atoms with van der Waals surface area (Å²) in [4.78, 5) is 36.3. The number of methoxy groups -OCH3 is 1. The number of amides is 2. The molecule has 0 bridgehead atoms. The molecule has 31 heavy (non-hydrogen) atoms. The Hall–Kier alpha value is -3.35. The van der Waals surface area contributed by atoms with Crippen LogP contribution in [-0.2, 0) is 27.2 Å². The first-order valence-electron chi connectivity index (χ1n) is 10.5. The standard InChI is InChI=1S/C24H28N2O5/c1-16(18-12-11-17-7-3-4-8-19(17)13-18)26-22(27)15-31-23(28)14-25-24(29)20-9-5-6-10-21(20)30-2/h5-6,9-13,16H,3-4,7-8,14-15H2,1-2H3,(H,25,29)(H,26,27)/t16-/m0/s1. The van der Waals surface area contributed by atoms with Gasteiger partial charge in [-0.2, -0.15) is 0 Å². The molecule has 2 amide bonds.